The molecule has 1 aromatic rings. The second-order valence-corrected chi connectivity index (χ2v) is 6.49. The van der Waals surface area contributed by atoms with Gasteiger partial charge in [-0.3, -0.25) is 11.3 Å². The Hall–Kier alpha value is -0.780. The summed E-state index contributed by atoms with van der Waals surface area (Å²) in [6.07, 6.45) is 4.97. The monoisotopic (exact) mass is 356 g/mol. The van der Waals surface area contributed by atoms with Crippen LogP contribution < -0.4 is 20.7 Å². The van der Waals surface area contributed by atoms with Gasteiger partial charge in [0.2, 0.25) is 0 Å². The van der Waals surface area contributed by atoms with Gasteiger partial charge in [-0.25, -0.2) is 0 Å². The molecule has 0 bridgehead atoms. The lowest BCUT2D eigenvalue weighted by molar-refractivity contribution is 0.335. The van der Waals surface area contributed by atoms with Gasteiger partial charge in [0.15, 0.2) is 0 Å². The van der Waals surface area contributed by atoms with E-state index in [1.807, 2.05) is 12.1 Å². The van der Waals surface area contributed by atoms with E-state index in [4.69, 9.17) is 15.3 Å². The minimum atomic E-state index is 0.110. The highest BCUT2D eigenvalue weighted by Gasteiger charge is 2.32. The maximum atomic E-state index is 5.86. The fourth-order valence-corrected chi connectivity index (χ4v) is 4.11. The Morgan fingerprint density at radius 2 is 2.10 bits per heavy atom. The van der Waals surface area contributed by atoms with Crippen molar-refractivity contribution in [2.75, 3.05) is 14.2 Å². The van der Waals surface area contributed by atoms with E-state index in [1.54, 1.807) is 14.2 Å². The molecule has 21 heavy (non-hydrogen) atoms. The summed E-state index contributed by atoms with van der Waals surface area (Å²) in [6.45, 7) is 2.27. The standard InChI is InChI=1S/C16H25BrN2O2/c1-4-10-5-6-11(9-10)15(19-18)12-7-8-13(20-2)14(17)16(12)21-3/h7-8,10-11,15,19H,4-6,9,18H2,1-3H3. The van der Waals surface area contributed by atoms with Gasteiger partial charge < -0.3 is 9.47 Å². The summed E-state index contributed by atoms with van der Waals surface area (Å²) < 4.78 is 11.8. The Kier molecular flexibility index (Phi) is 5.90. The van der Waals surface area contributed by atoms with Crippen molar-refractivity contribution in [3.8, 4) is 11.5 Å². The molecule has 0 aromatic heterocycles. The molecule has 1 fully saturated rings. The van der Waals surface area contributed by atoms with E-state index in [0.717, 1.165) is 27.5 Å². The zero-order valence-electron chi connectivity index (χ0n) is 13.0. The van der Waals surface area contributed by atoms with Crippen LogP contribution in [0.15, 0.2) is 16.6 Å². The van der Waals surface area contributed by atoms with E-state index in [0.29, 0.717) is 5.92 Å². The molecule has 4 nitrogen and oxygen atoms in total. The van der Waals surface area contributed by atoms with Gasteiger partial charge in [0.1, 0.15) is 16.0 Å². The van der Waals surface area contributed by atoms with Crippen LogP contribution in [0.1, 0.15) is 44.2 Å². The second-order valence-electron chi connectivity index (χ2n) is 5.70. The normalized spacial score (nSPS) is 23.1. The van der Waals surface area contributed by atoms with Gasteiger partial charge in [0, 0.05) is 5.56 Å². The van der Waals surface area contributed by atoms with Crippen molar-refractivity contribution in [3.63, 3.8) is 0 Å². The van der Waals surface area contributed by atoms with Crippen LogP contribution in [0.4, 0.5) is 0 Å². The first-order valence-corrected chi connectivity index (χ1v) is 8.32. The summed E-state index contributed by atoms with van der Waals surface area (Å²) in [6, 6.07) is 4.11. The number of nitrogens with two attached hydrogens (primary N) is 1. The first-order chi connectivity index (χ1) is 10.2. The summed E-state index contributed by atoms with van der Waals surface area (Å²) in [4.78, 5) is 0. The number of nitrogens with one attached hydrogen (secondary N) is 1. The summed E-state index contributed by atoms with van der Waals surface area (Å²) in [5.41, 5.74) is 4.09. The van der Waals surface area contributed by atoms with Crippen LogP contribution in [-0.4, -0.2) is 14.2 Å². The molecule has 0 amide bonds. The molecule has 1 aromatic carbocycles. The van der Waals surface area contributed by atoms with E-state index < -0.39 is 0 Å². The summed E-state index contributed by atoms with van der Waals surface area (Å²) in [5, 5.41) is 0. The predicted octanol–water partition coefficient (Wildman–Crippen LogP) is 3.80. The molecule has 0 saturated heterocycles. The number of ether oxygens (including phenoxy) is 2. The first-order valence-electron chi connectivity index (χ1n) is 7.52. The Labute approximate surface area is 135 Å². The van der Waals surface area contributed by atoms with Crippen LogP contribution in [-0.2, 0) is 0 Å². The smallest absolute Gasteiger partial charge is 0.141 e. The molecular weight excluding hydrogens is 332 g/mol. The Bertz CT molecular complexity index is 482. The summed E-state index contributed by atoms with van der Waals surface area (Å²) >= 11 is 3.57. The van der Waals surface area contributed by atoms with Gasteiger partial charge in [-0.2, -0.15) is 0 Å². The van der Waals surface area contributed by atoms with Crippen molar-refractivity contribution in [2.45, 2.75) is 38.6 Å². The number of halogens is 1. The van der Waals surface area contributed by atoms with Crippen LogP contribution in [0.3, 0.4) is 0 Å². The molecule has 1 aliphatic rings. The molecule has 1 saturated carbocycles. The third kappa shape index (κ3) is 3.35. The highest BCUT2D eigenvalue weighted by molar-refractivity contribution is 9.10. The average molecular weight is 357 g/mol. The third-order valence-electron chi connectivity index (χ3n) is 4.66. The number of rotatable bonds is 6. The minimum Gasteiger partial charge on any atom is -0.495 e. The van der Waals surface area contributed by atoms with Crippen LogP contribution in [0, 0.1) is 11.8 Å². The number of hydrogen-bond donors (Lipinski definition) is 2. The van der Waals surface area contributed by atoms with Gasteiger partial charge >= 0.3 is 0 Å². The lowest BCUT2D eigenvalue weighted by atomic mass is 9.90. The van der Waals surface area contributed by atoms with E-state index in [1.165, 1.54) is 25.7 Å². The van der Waals surface area contributed by atoms with Gasteiger partial charge in [0.25, 0.3) is 0 Å². The molecular formula is C16H25BrN2O2. The molecule has 3 atom stereocenters. The van der Waals surface area contributed by atoms with Gasteiger partial charge in [0.05, 0.1) is 20.3 Å². The molecule has 3 unspecified atom stereocenters. The number of hydrazine groups is 1. The molecule has 0 heterocycles. The number of benzene rings is 1. The SMILES string of the molecule is CCC1CCC(C(NN)c2ccc(OC)c(Br)c2OC)C1. The molecule has 0 radical (unpaired) electrons. The van der Waals surface area contributed by atoms with E-state index in [9.17, 15) is 0 Å². The molecule has 2 rings (SSSR count). The predicted molar refractivity (Wildman–Crippen MR) is 88.4 cm³/mol. The molecule has 5 heteroatoms. The molecule has 3 N–H and O–H groups in total. The molecule has 0 aliphatic heterocycles. The topological polar surface area (TPSA) is 56.5 Å². The Morgan fingerprint density at radius 3 is 2.62 bits per heavy atom. The zero-order chi connectivity index (χ0) is 15.4. The van der Waals surface area contributed by atoms with Crippen molar-refractivity contribution in [3.05, 3.63) is 22.2 Å². The van der Waals surface area contributed by atoms with Gasteiger partial charge in [-0.15, -0.1) is 0 Å². The van der Waals surface area contributed by atoms with Crippen LogP contribution in [0.5, 0.6) is 11.5 Å². The fraction of sp³-hybridized carbons (Fsp3) is 0.625. The maximum absolute atomic E-state index is 5.86. The highest BCUT2D eigenvalue weighted by atomic mass is 79.9. The van der Waals surface area contributed by atoms with Crippen molar-refractivity contribution >= 4 is 15.9 Å². The van der Waals surface area contributed by atoms with Gasteiger partial charge in [-0.1, -0.05) is 19.8 Å². The summed E-state index contributed by atoms with van der Waals surface area (Å²) in [5.74, 6) is 8.80. The van der Waals surface area contributed by atoms with Crippen LogP contribution in [0.25, 0.3) is 0 Å². The second kappa shape index (κ2) is 7.47. The average Bonchev–Trinajstić information content (AvgIpc) is 2.97. The quantitative estimate of drug-likeness (QED) is 0.601. The van der Waals surface area contributed by atoms with Gasteiger partial charge in [-0.05, 0) is 52.7 Å². The van der Waals surface area contributed by atoms with E-state index in [2.05, 4.69) is 28.3 Å². The number of methoxy groups -OCH3 is 2. The fourth-order valence-electron chi connectivity index (χ4n) is 3.43. The van der Waals surface area contributed by atoms with Crippen LogP contribution >= 0.6 is 15.9 Å². The minimum absolute atomic E-state index is 0.110. The molecule has 118 valence electrons. The van der Waals surface area contributed by atoms with Crippen molar-refractivity contribution in [2.24, 2.45) is 17.7 Å². The van der Waals surface area contributed by atoms with Crippen molar-refractivity contribution < 1.29 is 9.47 Å². The summed E-state index contributed by atoms with van der Waals surface area (Å²) in [7, 11) is 3.33. The molecule has 1 aliphatic carbocycles. The largest absolute Gasteiger partial charge is 0.495 e. The number of hydrogen-bond acceptors (Lipinski definition) is 4. The first kappa shape index (κ1) is 16.6. The molecule has 0 spiro atoms. The lowest BCUT2D eigenvalue weighted by Crippen LogP contribution is -2.33. The van der Waals surface area contributed by atoms with E-state index in [-0.39, 0.29) is 6.04 Å². The maximum Gasteiger partial charge on any atom is 0.141 e. The zero-order valence-corrected chi connectivity index (χ0v) is 14.6. The van der Waals surface area contributed by atoms with Crippen molar-refractivity contribution in [1.82, 2.24) is 5.43 Å². The lowest BCUT2D eigenvalue weighted by Gasteiger charge is -2.26. The highest BCUT2D eigenvalue weighted by Crippen LogP contribution is 2.45. The van der Waals surface area contributed by atoms with E-state index >= 15 is 0 Å². The Balaban J connectivity index is 2.32. The third-order valence-corrected chi connectivity index (χ3v) is 5.41. The van der Waals surface area contributed by atoms with Crippen molar-refractivity contribution in [1.29, 1.82) is 0 Å². The Morgan fingerprint density at radius 1 is 1.33 bits per heavy atom. The van der Waals surface area contributed by atoms with Crippen LogP contribution in [0.2, 0.25) is 0 Å².